The van der Waals surface area contributed by atoms with Gasteiger partial charge in [-0.05, 0) is 68.2 Å². The van der Waals surface area contributed by atoms with E-state index in [1.807, 2.05) is 13.8 Å². The van der Waals surface area contributed by atoms with Crippen LogP contribution in [-0.4, -0.2) is 53.7 Å². The molecule has 170 valence electrons. The Morgan fingerprint density at radius 2 is 1.65 bits per heavy atom. The van der Waals surface area contributed by atoms with E-state index in [-0.39, 0.29) is 23.8 Å². The third kappa shape index (κ3) is 3.77. The lowest BCUT2D eigenvalue weighted by Gasteiger charge is -2.42. The maximum absolute atomic E-state index is 13.5. The quantitative estimate of drug-likeness (QED) is 0.701. The molecule has 2 heterocycles. The first-order chi connectivity index (χ1) is 14.9. The van der Waals surface area contributed by atoms with Gasteiger partial charge in [-0.25, -0.2) is 9.69 Å². The highest BCUT2D eigenvalue weighted by Gasteiger charge is 2.58. The highest BCUT2D eigenvalue weighted by molar-refractivity contribution is 6.07. The van der Waals surface area contributed by atoms with Gasteiger partial charge in [0.15, 0.2) is 11.5 Å². The molecule has 2 fully saturated rings. The number of rotatable bonds is 6. The Balaban J connectivity index is 1.51. The van der Waals surface area contributed by atoms with E-state index < -0.39 is 5.54 Å². The summed E-state index contributed by atoms with van der Waals surface area (Å²) in [6, 6.07) is 3.88. The molecule has 0 radical (unpaired) electrons. The third-order valence-corrected chi connectivity index (χ3v) is 7.29. The van der Waals surface area contributed by atoms with Gasteiger partial charge in [-0.3, -0.25) is 9.69 Å². The van der Waals surface area contributed by atoms with E-state index in [4.69, 9.17) is 9.47 Å². The van der Waals surface area contributed by atoms with Crippen LogP contribution in [0.3, 0.4) is 0 Å². The van der Waals surface area contributed by atoms with Crippen LogP contribution in [0.15, 0.2) is 12.1 Å². The molecule has 0 bridgehead atoms. The second-order valence-electron chi connectivity index (χ2n) is 9.14. The number of imide groups is 1. The van der Waals surface area contributed by atoms with E-state index in [9.17, 15) is 9.59 Å². The van der Waals surface area contributed by atoms with Gasteiger partial charge in [0.05, 0.1) is 19.9 Å². The SMILES string of the molecule is CCOc1cc2c(cc1OCC)CN(CN1C(=O)NC3(C1=O)[C@H](C)CCC[C@H]3C)CC2. The summed E-state index contributed by atoms with van der Waals surface area (Å²) in [6.45, 7) is 11.1. The molecule has 1 aromatic carbocycles. The Bertz CT molecular complexity index is 845. The molecule has 1 N–H and O–H groups in total. The lowest BCUT2D eigenvalue weighted by atomic mass is 9.67. The molecule has 31 heavy (non-hydrogen) atoms. The fourth-order valence-electron chi connectivity index (χ4n) is 5.56. The Hall–Kier alpha value is -2.28. The van der Waals surface area contributed by atoms with Gasteiger partial charge in [0.25, 0.3) is 5.91 Å². The normalized spacial score (nSPS) is 25.5. The monoisotopic (exact) mass is 429 g/mol. The number of nitrogens with one attached hydrogen (secondary N) is 1. The zero-order valence-corrected chi connectivity index (χ0v) is 19.2. The van der Waals surface area contributed by atoms with E-state index in [0.29, 0.717) is 26.4 Å². The van der Waals surface area contributed by atoms with Crippen LogP contribution in [0.25, 0.3) is 0 Å². The number of amides is 3. The molecule has 3 amide bonds. The molecule has 1 saturated heterocycles. The highest BCUT2D eigenvalue weighted by atomic mass is 16.5. The Morgan fingerprint density at radius 3 is 2.26 bits per heavy atom. The predicted molar refractivity (Wildman–Crippen MR) is 118 cm³/mol. The first kappa shape index (κ1) is 21.9. The van der Waals surface area contributed by atoms with Gasteiger partial charge in [-0.2, -0.15) is 0 Å². The smallest absolute Gasteiger partial charge is 0.326 e. The summed E-state index contributed by atoms with van der Waals surface area (Å²) >= 11 is 0. The summed E-state index contributed by atoms with van der Waals surface area (Å²) in [5.74, 6) is 1.80. The van der Waals surface area contributed by atoms with Gasteiger partial charge >= 0.3 is 6.03 Å². The largest absolute Gasteiger partial charge is 0.490 e. The van der Waals surface area contributed by atoms with E-state index in [2.05, 4.69) is 36.2 Å². The number of urea groups is 1. The minimum absolute atomic E-state index is 0.0512. The zero-order valence-electron chi connectivity index (χ0n) is 19.2. The summed E-state index contributed by atoms with van der Waals surface area (Å²) in [6.07, 6.45) is 3.92. The number of fused-ring (bicyclic) bond motifs is 1. The Labute approximate surface area is 185 Å². The maximum Gasteiger partial charge on any atom is 0.326 e. The van der Waals surface area contributed by atoms with Crippen molar-refractivity contribution in [3.8, 4) is 11.5 Å². The Morgan fingerprint density at radius 1 is 1.03 bits per heavy atom. The molecule has 0 unspecified atom stereocenters. The van der Waals surface area contributed by atoms with E-state index >= 15 is 0 Å². The standard InChI is InChI=1S/C24H35N3O4/c1-5-30-20-12-18-10-11-26(14-19(18)13-21(20)31-6-2)15-27-22(28)24(25-23(27)29)16(3)8-7-9-17(24)4/h12-13,16-17H,5-11,14-15H2,1-4H3,(H,25,29)/t16-,17-/m1/s1. The van der Waals surface area contributed by atoms with Gasteiger partial charge in [-0.15, -0.1) is 0 Å². The van der Waals surface area contributed by atoms with Crippen molar-refractivity contribution in [1.29, 1.82) is 0 Å². The number of hydrogen-bond acceptors (Lipinski definition) is 5. The lowest BCUT2D eigenvalue weighted by molar-refractivity contribution is -0.138. The van der Waals surface area contributed by atoms with E-state index in [1.54, 1.807) is 0 Å². The molecule has 4 rings (SSSR count). The molecular weight excluding hydrogens is 394 g/mol. The molecule has 1 aromatic rings. The predicted octanol–water partition coefficient (Wildman–Crippen LogP) is 3.55. The van der Waals surface area contributed by atoms with Crippen molar-refractivity contribution in [1.82, 2.24) is 15.1 Å². The van der Waals surface area contributed by atoms with Crippen LogP contribution in [0.5, 0.6) is 11.5 Å². The number of ether oxygens (including phenoxy) is 2. The average Bonchev–Trinajstić information content (AvgIpc) is 2.99. The first-order valence-electron chi connectivity index (χ1n) is 11.7. The number of carbonyl (C=O) groups excluding carboxylic acids is 2. The van der Waals surface area contributed by atoms with Crippen LogP contribution >= 0.6 is 0 Å². The van der Waals surface area contributed by atoms with Crippen molar-refractivity contribution in [2.45, 2.75) is 65.5 Å². The molecular formula is C24H35N3O4. The molecule has 7 heteroatoms. The topological polar surface area (TPSA) is 71.1 Å². The van der Waals surface area contributed by atoms with Crippen LogP contribution in [0, 0.1) is 11.8 Å². The second-order valence-corrected chi connectivity index (χ2v) is 9.14. The summed E-state index contributed by atoms with van der Waals surface area (Å²) in [5.41, 5.74) is 1.67. The summed E-state index contributed by atoms with van der Waals surface area (Å²) in [4.78, 5) is 29.9. The molecule has 0 aromatic heterocycles. The summed E-state index contributed by atoms with van der Waals surface area (Å²) in [7, 11) is 0. The van der Waals surface area contributed by atoms with Crippen molar-refractivity contribution in [3.63, 3.8) is 0 Å². The van der Waals surface area contributed by atoms with Crippen LogP contribution in [0.4, 0.5) is 4.79 Å². The van der Waals surface area contributed by atoms with Crippen LogP contribution < -0.4 is 14.8 Å². The van der Waals surface area contributed by atoms with Gasteiger partial charge < -0.3 is 14.8 Å². The second kappa shape index (κ2) is 8.69. The van der Waals surface area contributed by atoms with Crippen LogP contribution in [0.1, 0.15) is 58.1 Å². The van der Waals surface area contributed by atoms with Crippen molar-refractivity contribution in [3.05, 3.63) is 23.3 Å². The number of benzene rings is 1. The van der Waals surface area contributed by atoms with E-state index in [0.717, 1.165) is 43.7 Å². The molecule has 2 aliphatic heterocycles. The molecule has 1 saturated carbocycles. The number of carbonyl (C=O) groups is 2. The number of hydrogen-bond donors (Lipinski definition) is 1. The van der Waals surface area contributed by atoms with Crippen molar-refractivity contribution in [2.24, 2.45) is 11.8 Å². The van der Waals surface area contributed by atoms with Crippen molar-refractivity contribution in [2.75, 3.05) is 26.4 Å². The maximum atomic E-state index is 13.5. The van der Waals surface area contributed by atoms with Crippen molar-refractivity contribution >= 4 is 11.9 Å². The zero-order chi connectivity index (χ0) is 22.2. The fraction of sp³-hybridized carbons (Fsp3) is 0.667. The summed E-state index contributed by atoms with van der Waals surface area (Å²) in [5, 5.41) is 3.10. The fourth-order valence-corrected chi connectivity index (χ4v) is 5.56. The van der Waals surface area contributed by atoms with Gasteiger partial charge in [0.2, 0.25) is 0 Å². The van der Waals surface area contributed by atoms with E-state index in [1.165, 1.54) is 16.0 Å². The van der Waals surface area contributed by atoms with Gasteiger partial charge in [0.1, 0.15) is 5.54 Å². The third-order valence-electron chi connectivity index (χ3n) is 7.29. The molecule has 1 spiro atoms. The van der Waals surface area contributed by atoms with Gasteiger partial charge in [-0.1, -0.05) is 20.3 Å². The molecule has 2 atom stereocenters. The Kier molecular flexibility index (Phi) is 6.15. The molecule has 7 nitrogen and oxygen atoms in total. The van der Waals surface area contributed by atoms with Gasteiger partial charge in [0, 0.05) is 13.1 Å². The molecule has 1 aliphatic carbocycles. The van der Waals surface area contributed by atoms with Crippen LogP contribution in [-0.2, 0) is 17.8 Å². The van der Waals surface area contributed by atoms with Crippen molar-refractivity contribution < 1.29 is 19.1 Å². The average molecular weight is 430 g/mol. The minimum Gasteiger partial charge on any atom is -0.490 e. The lowest BCUT2D eigenvalue weighted by Crippen LogP contribution is -2.59. The summed E-state index contributed by atoms with van der Waals surface area (Å²) < 4.78 is 11.5. The minimum atomic E-state index is -0.739. The highest BCUT2D eigenvalue weighted by Crippen LogP contribution is 2.42. The first-order valence-corrected chi connectivity index (χ1v) is 11.7. The number of nitrogens with zero attached hydrogens (tertiary/aromatic N) is 2. The van der Waals surface area contributed by atoms with Crippen LogP contribution in [0.2, 0.25) is 0 Å². The molecule has 3 aliphatic rings.